The Bertz CT molecular complexity index is 695. The van der Waals surface area contributed by atoms with Gasteiger partial charge in [-0.25, -0.2) is 4.79 Å². The van der Waals surface area contributed by atoms with Gasteiger partial charge in [-0.15, -0.1) is 0 Å². The van der Waals surface area contributed by atoms with E-state index in [4.69, 9.17) is 4.74 Å². The van der Waals surface area contributed by atoms with Gasteiger partial charge in [0.1, 0.15) is 5.75 Å². The average molecular weight is 297 g/mol. The predicted octanol–water partition coefficient (Wildman–Crippen LogP) is 2.86. The highest BCUT2D eigenvalue weighted by atomic mass is 16.5. The van der Waals surface area contributed by atoms with Crippen molar-refractivity contribution in [2.24, 2.45) is 4.99 Å². The molecule has 0 aromatic heterocycles. The highest BCUT2D eigenvalue weighted by molar-refractivity contribution is 5.87. The normalized spacial score (nSPS) is 12.0. The molecule has 22 heavy (non-hydrogen) atoms. The van der Waals surface area contributed by atoms with Crippen LogP contribution < -0.4 is 4.74 Å². The minimum atomic E-state index is -1.05. The molecule has 5 heteroatoms. The largest absolute Gasteiger partial charge is 0.479 e. The van der Waals surface area contributed by atoms with Crippen LogP contribution in [0.15, 0.2) is 59.6 Å². The second-order valence-corrected chi connectivity index (χ2v) is 4.56. The Hall–Kier alpha value is -2.95. The van der Waals surface area contributed by atoms with Crippen LogP contribution in [-0.2, 0) is 9.59 Å². The Kier molecular flexibility index (Phi) is 5.03. The SMILES string of the molecule is CC(=O)Oc1ccccc1C=NC(C(=O)O)c1ccccc1. The second kappa shape index (κ2) is 7.17. The van der Waals surface area contributed by atoms with E-state index in [0.717, 1.165) is 0 Å². The van der Waals surface area contributed by atoms with Crippen LogP contribution in [0.5, 0.6) is 5.75 Å². The molecule has 0 aliphatic heterocycles. The first-order valence-electron chi connectivity index (χ1n) is 6.66. The lowest BCUT2D eigenvalue weighted by Crippen LogP contribution is -2.10. The molecule has 1 N–H and O–H groups in total. The molecule has 2 aromatic rings. The number of carbonyl (C=O) groups is 2. The van der Waals surface area contributed by atoms with Gasteiger partial charge in [0.15, 0.2) is 6.04 Å². The topological polar surface area (TPSA) is 76.0 Å². The molecule has 1 unspecified atom stereocenters. The van der Waals surface area contributed by atoms with Crippen LogP contribution in [0.3, 0.4) is 0 Å². The summed E-state index contributed by atoms with van der Waals surface area (Å²) in [6.45, 7) is 1.30. The fraction of sp³-hybridized carbons (Fsp3) is 0.118. The summed E-state index contributed by atoms with van der Waals surface area (Å²) in [5.74, 6) is -1.15. The van der Waals surface area contributed by atoms with E-state index in [1.54, 1.807) is 48.5 Å². The van der Waals surface area contributed by atoms with Crippen LogP contribution in [0.4, 0.5) is 0 Å². The zero-order valence-electron chi connectivity index (χ0n) is 12.0. The number of aliphatic carboxylic acids is 1. The first-order chi connectivity index (χ1) is 10.6. The second-order valence-electron chi connectivity index (χ2n) is 4.56. The number of benzene rings is 2. The standard InChI is InChI=1S/C17H15NO4/c1-12(19)22-15-10-6-5-9-14(15)11-18-16(17(20)21)13-7-3-2-4-8-13/h2-11,16H,1H3,(H,20,21). The number of nitrogens with zero attached hydrogens (tertiary/aromatic N) is 1. The van der Waals surface area contributed by atoms with Crippen molar-refractivity contribution < 1.29 is 19.4 Å². The fourth-order valence-electron chi connectivity index (χ4n) is 1.92. The van der Waals surface area contributed by atoms with Crippen LogP contribution in [0.1, 0.15) is 24.1 Å². The van der Waals surface area contributed by atoms with E-state index >= 15 is 0 Å². The van der Waals surface area contributed by atoms with Gasteiger partial charge in [-0.2, -0.15) is 0 Å². The zero-order valence-corrected chi connectivity index (χ0v) is 12.0. The molecular weight excluding hydrogens is 282 g/mol. The van der Waals surface area contributed by atoms with Crippen molar-refractivity contribution in [2.75, 3.05) is 0 Å². The van der Waals surface area contributed by atoms with Crippen LogP contribution in [0, 0.1) is 0 Å². The number of aliphatic imine (C=N–C) groups is 1. The van der Waals surface area contributed by atoms with E-state index in [1.807, 2.05) is 6.07 Å². The van der Waals surface area contributed by atoms with Crippen molar-refractivity contribution in [2.45, 2.75) is 13.0 Å². The number of carbonyl (C=O) groups excluding carboxylic acids is 1. The minimum absolute atomic E-state index is 0.343. The van der Waals surface area contributed by atoms with E-state index in [0.29, 0.717) is 16.9 Å². The lowest BCUT2D eigenvalue weighted by Gasteiger charge is -2.08. The molecule has 1 atom stereocenters. The van der Waals surface area contributed by atoms with E-state index in [9.17, 15) is 14.7 Å². The van der Waals surface area contributed by atoms with Gasteiger partial charge in [-0.3, -0.25) is 9.79 Å². The van der Waals surface area contributed by atoms with Crippen molar-refractivity contribution >= 4 is 18.2 Å². The third-order valence-electron chi connectivity index (χ3n) is 2.88. The number of esters is 1. The smallest absolute Gasteiger partial charge is 0.333 e. The highest BCUT2D eigenvalue weighted by Crippen LogP contribution is 2.20. The Morgan fingerprint density at radius 1 is 1.09 bits per heavy atom. The number of hydrogen-bond donors (Lipinski definition) is 1. The predicted molar refractivity (Wildman–Crippen MR) is 82.2 cm³/mol. The lowest BCUT2D eigenvalue weighted by molar-refractivity contribution is -0.138. The molecule has 5 nitrogen and oxygen atoms in total. The molecule has 0 aliphatic carbocycles. The summed E-state index contributed by atoms with van der Waals surface area (Å²) < 4.78 is 5.07. The maximum atomic E-state index is 11.4. The number of hydrogen-bond acceptors (Lipinski definition) is 4. The first kappa shape index (κ1) is 15.4. The summed E-state index contributed by atoms with van der Waals surface area (Å²) in [4.78, 5) is 26.6. The highest BCUT2D eigenvalue weighted by Gasteiger charge is 2.17. The van der Waals surface area contributed by atoms with Crippen LogP contribution in [0.2, 0.25) is 0 Å². The molecule has 2 aromatic carbocycles. The Morgan fingerprint density at radius 3 is 2.36 bits per heavy atom. The Balaban J connectivity index is 2.29. The third-order valence-corrected chi connectivity index (χ3v) is 2.88. The van der Waals surface area contributed by atoms with Gasteiger partial charge in [0.2, 0.25) is 0 Å². The Morgan fingerprint density at radius 2 is 1.73 bits per heavy atom. The van der Waals surface area contributed by atoms with E-state index < -0.39 is 18.0 Å². The van der Waals surface area contributed by atoms with Crippen molar-refractivity contribution in [1.82, 2.24) is 0 Å². The molecule has 0 amide bonds. The first-order valence-corrected chi connectivity index (χ1v) is 6.66. The van der Waals surface area contributed by atoms with Gasteiger partial charge in [0.05, 0.1) is 0 Å². The van der Waals surface area contributed by atoms with Crippen LogP contribution >= 0.6 is 0 Å². The molecule has 0 fully saturated rings. The van der Waals surface area contributed by atoms with Gasteiger partial charge >= 0.3 is 11.9 Å². The van der Waals surface area contributed by atoms with Crippen molar-refractivity contribution in [1.29, 1.82) is 0 Å². The summed E-state index contributed by atoms with van der Waals surface area (Å²) in [6.07, 6.45) is 1.41. The molecule has 0 heterocycles. The zero-order chi connectivity index (χ0) is 15.9. The summed E-state index contributed by atoms with van der Waals surface area (Å²) >= 11 is 0. The minimum Gasteiger partial charge on any atom is -0.479 e. The third kappa shape index (κ3) is 4.02. The maximum absolute atomic E-state index is 11.4. The van der Waals surface area contributed by atoms with Crippen LogP contribution in [0.25, 0.3) is 0 Å². The lowest BCUT2D eigenvalue weighted by atomic mass is 10.1. The van der Waals surface area contributed by atoms with Crippen LogP contribution in [-0.4, -0.2) is 23.3 Å². The van der Waals surface area contributed by atoms with Gasteiger partial charge in [-0.1, -0.05) is 42.5 Å². The molecule has 0 bridgehead atoms. The Labute approximate surface area is 127 Å². The molecule has 0 saturated carbocycles. The summed E-state index contributed by atoms with van der Waals surface area (Å²) in [5, 5.41) is 9.32. The molecule has 0 spiro atoms. The molecule has 2 rings (SSSR count). The van der Waals surface area contributed by atoms with Gasteiger partial charge < -0.3 is 9.84 Å². The van der Waals surface area contributed by atoms with Gasteiger partial charge in [0.25, 0.3) is 0 Å². The monoisotopic (exact) mass is 297 g/mol. The molecule has 112 valence electrons. The van der Waals surface area contributed by atoms with E-state index in [-0.39, 0.29) is 0 Å². The van der Waals surface area contributed by atoms with Crippen molar-refractivity contribution in [3.63, 3.8) is 0 Å². The number of rotatable bonds is 5. The number of carboxylic acid groups (broad SMARTS) is 1. The number of ether oxygens (including phenoxy) is 1. The summed E-state index contributed by atoms with van der Waals surface area (Å²) in [6, 6.07) is 14.5. The molecule has 0 saturated heterocycles. The van der Waals surface area contributed by atoms with E-state index in [2.05, 4.69) is 4.99 Å². The van der Waals surface area contributed by atoms with Gasteiger partial charge in [0, 0.05) is 18.7 Å². The number of carboxylic acids is 1. The summed E-state index contributed by atoms with van der Waals surface area (Å²) in [7, 11) is 0. The quantitative estimate of drug-likeness (QED) is 0.523. The number of para-hydroxylation sites is 1. The molecule has 0 radical (unpaired) electrons. The average Bonchev–Trinajstić information content (AvgIpc) is 2.49. The van der Waals surface area contributed by atoms with Crippen molar-refractivity contribution in [3.05, 3.63) is 65.7 Å². The fourth-order valence-corrected chi connectivity index (χ4v) is 1.92. The summed E-state index contributed by atoms with van der Waals surface area (Å²) in [5.41, 5.74) is 1.12. The molecular formula is C17H15NO4. The van der Waals surface area contributed by atoms with E-state index in [1.165, 1.54) is 13.1 Å². The molecule has 0 aliphatic rings. The van der Waals surface area contributed by atoms with Crippen molar-refractivity contribution in [3.8, 4) is 5.75 Å². The van der Waals surface area contributed by atoms with Gasteiger partial charge in [-0.05, 0) is 17.7 Å². The maximum Gasteiger partial charge on any atom is 0.333 e.